The van der Waals surface area contributed by atoms with E-state index in [1.807, 2.05) is 48.2 Å². The Hall–Kier alpha value is -2.90. The molecule has 1 fully saturated rings. The van der Waals surface area contributed by atoms with E-state index in [0.717, 1.165) is 52.8 Å². The van der Waals surface area contributed by atoms with Gasteiger partial charge in [-0.1, -0.05) is 18.2 Å². The van der Waals surface area contributed by atoms with Crippen molar-refractivity contribution in [3.63, 3.8) is 0 Å². The second-order valence-corrected chi connectivity index (χ2v) is 9.08. The van der Waals surface area contributed by atoms with Crippen molar-refractivity contribution in [2.75, 3.05) is 20.3 Å². The van der Waals surface area contributed by atoms with Gasteiger partial charge in [0, 0.05) is 36.2 Å². The van der Waals surface area contributed by atoms with Crippen molar-refractivity contribution < 1.29 is 9.47 Å². The molecule has 4 rings (SSSR count). The number of aromatic nitrogens is 1. The topological polar surface area (TPSA) is 66.6 Å². The molecule has 2 aromatic carbocycles. The Kier molecular flexibility index (Phi) is 7.30. The molecule has 2 heterocycles. The summed E-state index contributed by atoms with van der Waals surface area (Å²) in [5.41, 5.74) is 4.81. The number of hydrogen-bond donors (Lipinski definition) is 2. The van der Waals surface area contributed by atoms with Crippen molar-refractivity contribution in [3.05, 3.63) is 75.1 Å². The number of nitrogens with zero attached hydrogens (tertiary/aromatic N) is 1. The Labute approximate surface area is 199 Å². The van der Waals surface area contributed by atoms with E-state index in [9.17, 15) is 4.79 Å². The number of hydrogen-bond acceptors (Lipinski definition) is 4. The lowest BCUT2D eigenvalue weighted by Gasteiger charge is -2.27. The highest BCUT2D eigenvalue weighted by Gasteiger charge is 2.19. The van der Waals surface area contributed by atoms with E-state index in [0.29, 0.717) is 30.3 Å². The van der Waals surface area contributed by atoms with Gasteiger partial charge in [-0.25, -0.2) is 0 Å². The molecule has 33 heavy (non-hydrogen) atoms. The monoisotopic (exact) mass is 465 g/mol. The highest BCUT2D eigenvalue weighted by molar-refractivity contribution is 7.80. The molecule has 0 saturated carbocycles. The van der Waals surface area contributed by atoms with Crippen LogP contribution in [-0.4, -0.2) is 41.4 Å². The van der Waals surface area contributed by atoms with E-state index in [1.165, 1.54) is 0 Å². The smallest absolute Gasteiger partial charge is 0.253 e. The first-order valence-electron chi connectivity index (χ1n) is 11.3. The predicted molar refractivity (Wildman–Crippen MR) is 136 cm³/mol. The Morgan fingerprint density at radius 1 is 1.21 bits per heavy atom. The van der Waals surface area contributed by atoms with E-state index in [2.05, 4.69) is 23.3 Å². The van der Waals surface area contributed by atoms with Crippen LogP contribution in [0.4, 0.5) is 0 Å². The fourth-order valence-electron chi connectivity index (χ4n) is 4.31. The van der Waals surface area contributed by atoms with Gasteiger partial charge in [0.25, 0.3) is 5.56 Å². The van der Waals surface area contributed by atoms with Gasteiger partial charge >= 0.3 is 0 Å². The third kappa shape index (κ3) is 5.72. The van der Waals surface area contributed by atoms with Crippen molar-refractivity contribution in [3.8, 4) is 5.75 Å². The largest absolute Gasteiger partial charge is 0.497 e. The van der Waals surface area contributed by atoms with Crippen LogP contribution in [0.5, 0.6) is 5.75 Å². The number of aromatic amines is 1. The molecule has 174 valence electrons. The Morgan fingerprint density at radius 3 is 2.70 bits per heavy atom. The Morgan fingerprint density at radius 2 is 2.00 bits per heavy atom. The van der Waals surface area contributed by atoms with Gasteiger partial charge in [0.15, 0.2) is 5.11 Å². The zero-order chi connectivity index (χ0) is 23.4. The van der Waals surface area contributed by atoms with Gasteiger partial charge in [-0.2, -0.15) is 0 Å². The third-order valence-electron chi connectivity index (χ3n) is 6.08. The minimum atomic E-state index is -0.0887. The molecular formula is C26H31N3O3S. The number of benzene rings is 2. The van der Waals surface area contributed by atoms with Crippen molar-refractivity contribution in [2.45, 2.75) is 45.9 Å². The predicted octanol–water partition coefficient (Wildman–Crippen LogP) is 4.21. The second-order valence-electron chi connectivity index (χ2n) is 8.69. The zero-order valence-corrected chi connectivity index (χ0v) is 20.3. The van der Waals surface area contributed by atoms with Gasteiger partial charge in [0.05, 0.1) is 19.8 Å². The maximum absolute atomic E-state index is 12.9. The fourth-order valence-corrected chi connectivity index (χ4v) is 4.52. The maximum atomic E-state index is 12.9. The molecular weight excluding hydrogens is 434 g/mol. The van der Waals surface area contributed by atoms with E-state index >= 15 is 0 Å². The molecule has 6 nitrogen and oxygen atoms in total. The number of aryl methyl sites for hydroxylation is 2. The summed E-state index contributed by atoms with van der Waals surface area (Å²) >= 11 is 5.76. The number of methoxy groups -OCH3 is 1. The zero-order valence-electron chi connectivity index (χ0n) is 19.4. The first kappa shape index (κ1) is 23.3. The highest BCUT2D eigenvalue weighted by atomic mass is 32.1. The van der Waals surface area contributed by atoms with Crippen LogP contribution in [0.3, 0.4) is 0 Å². The number of nitrogens with one attached hydrogen (secondary N) is 2. The summed E-state index contributed by atoms with van der Waals surface area (Å²) < 4.78 is 11.0. The number of thiocarbonyl (C=S) groups is 1. The van der Waals surface area contributed by atoms with E-state index in [1.54, 1.807) is 7.11 Å². The molecule has 1 aromatic heterocycles. The van der Waals surface area contributed by atoms with Crippen molar-refractivity contribution in [2.24, 2.45) is 0 Å². The summed E-state index contributed by atoms with van der Waals surface area (Å²) in [4.78, 5) is 18.0. The number of ether oxygens (including phenoxy) is 2. The lowest BCUT2D eigenvalue weighted by molar-refractivity contribution is 0.113. The van der Waals surface area contributed by atoms with Crippen LogP contribution in [-0.2, 0) is 17.8 Å². The van der Waals surface area contributed by atoms with Gasteiger partial charge < -0.3 is 24.7 Å². The minimum Gasteiger partial charge on any atom is -0.497 e. The van der Waals surface area contributed by atoms with Crippen LogP contribution >= 0.6 is 12.2 Å². The van der Waals surface area contributed by atoms with Crippen LogP contribution < -0.4 is 15.6 Å². The number of fused-ring (bicyclic) bond motifs is 1. The van der Waals surface area contributed by atoms with Gasteiger partial charge in [-0.05, 0) is 79.9 Å². The SMILES string of the molecule is COc1ccc(CN(Cc2cc3c(C)cc(C)cc3[nH]c2=O)C(=S)NC[C@H]2CCCO2)cc1. The lowest BCUT2D eigenvalue weighted by atomic mass is 10.0. The van der Waals surface area contributed by atoms with E-state index in [4.69, 9.17) is 21.7 Å². The molecule has 0 spiro atoms. The van der Waals surface area contributed by atoms with Crippen LogP contribution in [0.25, 0.3) is 10.9 Å². The number of H-pyrrole nitrogens is 1. The van der Waals surface area contributed by atoms with E-state index < -0.39 is 0 Å². The second kappa shape index (κ2) is 10.4. The first-order valence-corrected chi connectivity index (χ1v) is 11.7. The summed E-state index contributed by atoms with van der Waals surface area (Å²) in [7, 11) is 1.65. The first-order chi connectivity index (χ1) is 15.9. The molecule has 1 saturated heterocycles. The maximum Gasteiger partial charge on any atom is 0.253 e. The molecule has 1 atom stereocenters. The van der Waals surface area contributed by atoms with Gasteiger partial charge in [-0.15, -0.1) is 0 Å². The molecule has 0 radical (unpaired) electrons. The van der Waals surface area contributed by atoms with Crippen molar-refractivity contribution in [1.82, 2.24) is 15.2 Å². The van der Waals surface area contributed by atoms with Crippen LogP contribution in [0.2, 0.25) is 0 Å². The fraction of sp³-hybridized carbons (Fsp3) is 0.385. The van der Waals surface area contributed by atoms with Crippen LogP contribution in [0, 0.1) is 13.8 Å². The molecule has 0 amide bonds. The summed E-state index contributed by atoms with van der Waals surface area (Å²) in [6.07, 6.45) is 2.30. The van der Waals surface area contributed by atoms with Crippen molar-refractivity contribution in [1.29, 1.82) is 0 Å². The third-order valence-corrected chi connectivity index (χ3v) is 6.48. The molecule has 3 aromatic rings. The van der Waals surface area contributed by atoms with Crippen LogP contribution in [0.1, 0.15) is 35.1 Å². The summed E-state index contributed by atoms with van der Waals surface area (Å²) in [6, 6.07) is 14.0. The van der Waals surface area contributed by atoms with Gasteiger partial charge in [0.1, 0.15) is 5.75 Å². The van der Waals surface area contributed by atoms with Crippen molar-refractivity contribution >= 4 is 28.2 Å². The number of pyridine rings is 1. The Balaban J connectivity index is 1.59. The molecule has 0 bridgehead atoms. The minimum absolute atomic E-state index is 0.0887. The average Bonchev–Trinajstić information content (AvgIpc) is 3.32. The number of rotatable bonds is 7. The summed E-state index contributed by atoms with van der Waals surface area (Å²) in [5.74, 6) is 0.807. The summed E-state index contributed by atoms with van der Waals surface area (Å²) in [6.45, 7) is 6.56. The quantitative estimate of drug-likeness (QED) is 0.510. The molecule has 0 aliphatic carbocycles. The molecule has 1 aliphatic heterocycles. The van der Waals surface area contributed by atoms with E-state index in [-0.39, 0.29) is 11.7 Å². The molecule has 7 heteroatoms. The van der Waals surface area contributed by atoms with Gasteiger partial charge in [0.2, 0.25) is 0 Å². The standard InChI is InChI=1S/C26H31N3O3S/c1-17-11-18(2)23-13-20(25(30)28-24(23)12-17)16-29(15-19-6-8-21(31-3)9-7-19)26(33)27-14-22-5-4-10-32-22/h6-9,11-13,22H,4-5,10,14-16H2,1-3H3,(H,27,33)(H,28,30)/t22-/m1/s1. The molecule has 0 unspecified atom stereocenters. The molecule has 2 N–H and O–H groups in total. The average molecular weight is 466 g/mol. The normalized spacial score (nSPS) is 15.5. The van der Waals surface area contributed by atoms with Crippen LogP contribution in [0.15, 0.2) is 47.3 Å². The summed E-state index contributed by atoms with van der Waals surface area (Å²) in [5, 5.41) is 5.02. The molecule has 1 aliphatic rings. The highest BCUT2D eigenvalue weighted by Crippen LogP contribution is 2.20. The lowest BCUT2D eigenvalue weighted by Crippen LogP contribution is -2.42. The van der Waals surface area contributed by atoms with Gasteiger partial charge in [-0.3, -0.25) is 4.79 Å². The Bertz CT molecular complexity index is 1180.